The summed E-state index contributed by atoms with van der Waals surface area (Å²) in [5, 5.41) is 8.91. The van der Waals surface area contributed by atoms with E-state index in [0.29, 0.717) is 5.78 Å². The highest BCUT2D eigenvalue weighted by Crippen LogP contribution is 2.16. The van der Waals surface area contributed by atoms with Crippen molar-refractivity contribution in [2.24, 2.45) is 0 Å². The molecule has 0 aliphatic heterocycles. The monoisotopic (exact) mass is 216 g/mol. The Hall–Kier alpha value is -0.410. The lowest BCUT2D eigenvalue weighted by Crippen LogP contribution is -2.09. The number of aliphatic hydroxyl groups excluding tert-OH is 1. The van der Waals surface area contributed by atoms with Crippen molar-refractivity contribution in [3.05, 3.63) is 0 Å². The molecule has 0 aromatic rings. The SMILES string of the molecule is O.O=C1CCCCC1.OC1CCCCC1. The molecular weight excluding hydrogens is 192 g/mol. The molecule has 2 rings (SSSR count). The quantitative estimate of drug-likeness (QED) is 0.673. The van der Waals surface area contributed by atoms with Crippen LogP contribution in [0.1, 0.15) is 64.2 Å². The van der Waals surface area contributed by atoms with E-state index >= 15 is 0 Å². The summed E-state index contributed by atoms with van der Waals surface area (Å²) in [6.45, 7) is 0. The summed E-state index contributed by atoms with van der Waals surface area (Å²) in [5.74, 6) is 0.464. The molecular formula is C12H24O3. The van der Waals surface area contributed by atoms with Gasteiger partial charge in [-0.15, -0.1) is 0 Å². The molecule has 2 fully saturated rings. The highest BCUT2D eigenvalue weighted by molar-refractivity contribution is 5.78. The van der Waals surface area contributed by atoms with Gasteiger partial charge >= 0.3 is 0 Å². The largest absolute Gasteiger partial charge is 0.412 e. The molecule has 0 spiro atoms. The standard InChI is InChI=1S/C6H12O.C6H10O.H2O/c2*7-6-4-2-1-3-5-6;/h6-7H,1-5H2;1-5H2;1H2. The Kier molecular flexibility index (Phi) is 8.62. The van der Waals surface area contributed by atoms with Gasteiger partial charge in [0, 0.05) is 12.8 Å². The maximum absolute atomic E-state index is 10.5. The van der Waals surface area contributed by atoms with Gasteiger partial charge in [0.15, 0.2) is 0 Å². The van der Waals surface area contributed by atoms with Crippen LogP contribution in [0, 0.1) is 0 Å². The van der Waals surface area contributed by atoms with Gasteiger partial charge in [-0.25, -0.2) is 0 Å². The third-order valence-electron chi connectivity index (χ3n) is 2.99. The van der Waals surface area contributed by atoms with E-state index in [1.54, 1.807) is 0 Å². The Balaban J connectivity index is 0.000000245. The first-order chi connectivity index (χ1) is 6.79. The van der Waals surface area contributed by atoms with E-state index in [0.717, 1.165) is 38.5 Å². The van der Waals surface area contributed by atoms with Gasteiger partial charge in [-0.3, -0.25) is 4.79 Å². The van der Waals surface area contributed by atoms with Crippen LogP contribution < -0.4 is 0 Å². The van der Waals surface area contributed by atoms with Gasteiger partial charge in [0.2, 0.25) is 0 Å². The third-order valence-corrected chi connectivity index (χ3v) is 2.99. The van der Waals surface area contributed by atoms with Crippen molar-refractivity contribution in [1.82, 2.24) is 0 Å². The van der Waals surface area contributed by atoms with Gasteiger partial charge in [-0.05, 0) is 25.7 Å². The summed E-state index contributed by atoms with van der Waals surface area (Å²) in [7, 11) is 0. The zero-order valence-corrected chi connectivity index (χ0v) is 9.50. The second-order valence-electron chi connectivity index (χ2n) is 4.39. The highest BCUT2D eigenvalue weighted by Gasteiger charge is 2.07. The van der Waals surface area contributed by atoms with Gasteiger partial charge in [-0.2, -0.15) is 0 Å². The maximum Gasteiger partial charge on any atom is 0.132 e. The van der Waals surface area contributed by atoms with E-state index in [-0.39, 0.29) is 11.6 Å². The minimum absolute atomic E-state index is 0. The van der Waals surface area contributed by atoms with Crippen LogP contribution in [-0.2, 0) is 4.79 Å². The lowest BCUT2D eigenvalue weighted by molar-refractivity contribution is -0.120. The summed E-state index contributed by atoms with van der Waals surface area (Å²) in [6, 6.07) is 0. The van der Waals surface area contributed by atoms with E-state index in [9.17, 15) is 4.79 Å². The average molecular weight is 216 g/mol. The fourth-order valence-electron chi connectivity index (χ4n) is 2.03. The summed E-state index contributed by atoms with van der Waals surface area (Å²) in [4.78, 5) is 10.5. The van der Waals surface area contributed by atoms with E-state index in [1.807, 2.05) is 0 Å². The molecule has 3 nitrogen and oxygen atoms in total. The zero-order chi connectivity index (χ0) is 10.2. The third kappa shape index (κ3) is 7.51. The molecule has 3 N–H and O–H groups in total. The predicted molar refractivity (Wildman–Crippen MR) is 60.8 cm³/mol. The Morgan fingerprint density at radius 1 is 0.867 bits per heavy atom. The molecule has 2 aliphatic rings. The minimum atomic E-state index is 0. The summed E-state index contributed by atoms with van der Waals surface area (Å²) < 4.78 is 0. The molecule has 0 aromatic carbocycles. The first-order valence-electron chi connectivity index (χ1n) is 5.99. The fraction of sp³-hybridized carbons (Fsp3) is 0.917. The van der Waals surface area contributed by atoms with Crippen LogP contribution >= 0.6 is 0 Å². The molecule has 0 saturated heterocycles. The number of Topliss-reactive ketones (excluding diaryl/α,β-unsaturated/α-hetero) is 1. The lowest BCUT2D eigenvalue weighted by atomic mass is 9.98. The van der Waals surface area contributed by atoms with Crippen molar-refractivity contribution in [2.75, 3.05) is 0 Å². The Bertz CT molecular complexity index is 154. The summed E-state index contributed by atoms with van der Waals surface area (Å²) in [5.41, 5.74) is 0. The van der Waals surface area contributed by atoms with E-state index in [4.69, 9.17) is 5.11 Å². The second kappa shape index (κ2) is 8.86. The van der Waals surface area contributed by atoms with Gasteiger partial charge in [0.25, 0.3) is 0 Å². The van der Waals surface area contributed by atoms with Crippen molar-refractivity contribution in [2.45, 2.75) is 70.3 Å². The van der Waals surface area contributed by atoms with Gasteiger partial charge in [0.1, 0.15) is 5.78 Å². The summed E-state index contributed by atoms with van der Waals surface area (Å²) >= 11 is 0. The van der Waals surface area contributed by atoms with Gasteiger partial charge < -0.3 is 10.6 Å². The molecule has 2 saturated carbocycles. The zero-order valence-electron chi connectivity index (χ0n) is 9.50. The number of carbonyl (C=O) groups is 1. The van der Waals surface area contributed by atoms with Crippen LogP contribution in [0.25, 0.3) is 0 Å². The Morgan fingerprint density at radius 3 is 1.60 bits per heavy atom. The van der Waals surface area contributed by atoms with E-state index in [2.05, 4.69) is 0 Å². The van der Waals surface area contributed by atoms with Crippen LogP contribution in [0.2, 0.25) is 0 Å². The number of hydrogen-bond acceptors (Lipinski definition) is 2. The van der Waals surface area contributed by atoms with Crippen molar-refractivity contribution in [3.63, 3.8) is 0 Å². The maximum atomic E-state index is 10.5. The van der Waals surface area contributed by atoms with E-state index in [1.165, 1.54) is 25.7 Å². The lowest BCUT2D eigenvalue weighted by Gasteiger charge is -2.14. The van der Waals surface area contributed by atoms with Gasteiger partial charge in [-0.1, -0.05) is 25.7 Å². The number of ketones is 1. The minimum Gasteiger partial charge on any atom is -0.412 e. The van der Waals surface area contributed by atoms with Crippen molar-refractivity contribution in [1.29, 1.82) is 0 Å². The Labute approximate surface area is 92.2 Å². The molecule has 0 bridgehead atoms. The fourth-order valence-corrected chi connectivity index (χ4v) is 2.03. The number of carbonyl (C=O) groups excluding carboxylic acids is 1. The number of rotatable bonds is 0. The molecule has 0 aromatic heterocycles. The van der Waals surface area contributed by atoms with Gasteiger partial charge in [0.05, 0.1) is 6.10 Å². The van der Waals surface area contributed by atoms with Crippen LogP contribution in [0.5, 0.6) is 0 Å². The average Bonchev–Trinajstić information content (AvgIpc) is 2.21. The van der Waals surface area contributed by atoms with Crippen LogP contribution in [0.4, 0.5) is 0 Å². The molecule has 0 unspecified atom stereocenters. The molecule has 0 atom stereocenters. The van der Waals surface area contributed by atoms with Crippen molar-refractivity contribution >= 4 is 5.78 Å². The molecule has 3 heteroatoms. The van der Waals surface area contributed by atoms with Crippen LogP contribution in [0.15, 0.2) is 0 Å². The molecule has 15 heavy (non-hydrogen) atoms. The van der Waals surface area contributed by atoms with Crippen LogP contribution in [0.3, 0.4) is 0 Å². The summed E-state index contributed by atoms with van der Waals surface area (Å²) in [6.07, 6.45) is 11.2. The van der Waals surface area contributed by atoms with Crippen molar-refractivity contribution in [3.8, 4) is 0 Å². The molecule has 2 aliphatic carbocycles. The van der Waals surface area contributed by atoms with Crippen molar-refractivity contribution < 1.29 is 15.4 Å². The molecule has 0 amide bonds. The Morgan fingerprint density at radius 2 is 1.33 bits per heavy atom. The number of aliphatic hydroxyl groups is 1. The molecule has 0 heterocycles. The van der Waals surface area contributed by atoms with Crippen LogP contribution in [-0.4, -0.2) is 22.5 Å². The highest BCUT2D eigenvalue weighted by atomic mass is 16.3. The molecule has 90 valence electrons. The second-order valence-corrected chi connectivity index (χ2v) is 4.39. The number of hydrogen-bond donors (Lipinski definition) is 1. The topological polar surface area (TPSA) is 68.8 Å². The predicted octanol–water partition coefficient (Wildman–Crippen LogP) is 2.01. The normalized spacial score (nSPS) is 22.3. The van der Waals surface area contributed by atoms with E-state index < -0.39 is 0 Å². The molecule has 0 radical (unpaired) electrons. The first kappa shape index (κ1) is 14.6. The smallest absolute Gasteiger partial charge is 0.132 e. The first-order valence-corrected chi connectivity index (χ1v) is 5.99.